The van der Waals surface area contributed by atoms with Crippen LogP contribution in [-0.4, -0.2) is 57.1 Å². The van der Waals surface area contributed by atoms with E-state index in [9.17, 15) is 24.1 Å². The van der Waals surface area contributed by atoms with Crippen LogP contribution < -0.4 is 20.9 Å². The number of azide groups is 1. The fourth-order valence-electron chi connectivity index (χ4n) is 3.70. The van der Waals surface area contributed by atoms with Gasteiger partial charge in [-0.05, 0) is 45.4 Å². The van der Waals surface area contributed by atoms with E-state index in [1.54, 1.807) is 32.0 Å². The second kappa shape index (κ2) is 11.9. The average molecular weight is 552 g/mol. The van der Waals surface area contributed by atoms with E-state index in [-0.39, 0.29) is 5.75 Å². The third-order valence-electron chi connectivity index (χ3n) is 5.55. The molecular formula is C22H29N6O9P. The van der Waals surface area contributed by atoms with Crippen LogP contribution in [0.1, 0.15) is 33.9 Å². The van der Waals surface area contributed by atoms with Crippen LogP contribution in [0.15, 0.2) is 57.3 Å². The van der Waals surface area contributed by atoms with E-state index in [2.05, 4.69) is 20.1 Å². The van der Waals surface area contributed by atoms with Gasteiger partial charge >= 0.3 is 19.4 Å². The van der Waals surface area contributed by atoms with Gasteiger partial charge in [0.25, 0.3) is 5.56 Å². The molecule has 16 heteroatoms. The van der Waals surface area contributed by atoms with E-state index < -0.39 is 67.7 Å². The lowest BCUT2D eigenvalue weighted by molar-refractivity contribution is -0.149. The Morgan fingerprint density at radius 3 is 2.61 bits per heavy atom. The lowest BCUT2D eigenvalue weighted by Crippen LogP contribution is -2.45. The van der Waals surface area contributed by atoms with E-state index in [0.717, 1.165) is 16.8 Å². The molecule has 1 fully saturated rings. The summed E-state index contributed by atoms with van der Waals surface area (Å²) in [6.07, 6.45) is -3.47. The Bertz CT molecular complexity index is 1340. The quantitative estimate of drug-likeness (QED) is 0.121. The van der Waals surface area contributed by atoms with Crippen molar-refractivity contribution in [1.29, 1.82) is 0 Å². The molecule has 0 spiro atoms. The number of benzene rings is 1. The summed E-state index contributed by atoms with van der Waals surface area (Å²) in [5, 5.41) is 17.1. The minimum atomic E-state index is -4.30. The van der Waals surface area contributed by atoms with Gasteiger partial charge in [-0.2, -0.15) is 5.09 Å². The van der Waals surface area contributed by atoms with Crippen molar-refractivity contribution in [3.8, 4) is 5.75 Å². The fraction of sp³-hybridized carbons (Fsp3) is 0.500. The Balaban J connectivity index is 1.87. The molecule has 1 unspecified atom stereocenters. The summed E-state index contributed by atoms with van der Waals surface area (Å²) in [6, 6.07) is 7.98. The first-order valence-electron chi connectivity index (χ1n) is 11.6. The van der Waals surface area contributed by atoms with Gasteiger partial charge in [0.1, 0.15) is 23.4 Å². The number of aromatic nitrogens is 2. The monoisotopic (exact) mass is 552 g/mol. The summed E-state index contributed by atoms with van der Waals surface area (Å²) in [4.78, 5) is 41.0. The zero-order chi connectivity index (χ0) is 28.1. The Hall–Kier alpha value is -3.45. The number of hydrogen-bond donors (Lipinski definition) is 3. The van der Waals surface area contributed by atoms with Crippen molar-refractivity contribution < 1.29 is 33.0 Å². The molecule has 0 saturated carbocycles. The van der Waals surface area contributed by atoms with Gasteiger partial charge < -0.3 is 19.1 Å². The van der Waals surface area contributed by atoms with Gasteiger partial charge in [-0.1, -0.05) is 23.3 Å². The molecule has 1 aromatic carbocycles. The molecule has 1 aliphatic heterocycles. The van der Waals surface area contributed by atoms with Gasteiger partial charge in [-0.3, -0.25) is 23.7 Å². The predicted octanol–water partition coefficient (Wildman–Crippen LogP) is 2.00. The first-order valence-corrected chi connectivity index (χ1v) is 13.1. The van der Waals surface area contributed by atoms with Crippen LogP contribution >= 0.6 is 7.75 Å². The molecule has 3 N–H and O–H groups in total. The van der Waals surface area contributed by atoms with Crippen molar-refractivity contribution in [2.24, 2.45) is 5.11 Å². The fourth-order valence-corrected chi connectivity index (χ4v) is 5.20. The van der Waals surface area contributed by atoms with Crippen LogP contribution in [0.25, 0.3) is 10.4 Å². The third-order valence-corrected chi connectivity index (χ3v) is 7.20. The SMILES string of the molecule is CC(C)OC(=O)[C@@H](C)NP(=O)(OC[C@H]1O[C@@H](n2ccc(=O)[nH]c2=O)[C@](C)(N=[N+]=[N-])[C@@H]1O)Oc1ccccc1. The largest absolute Gasteiger partial charge is 0.462 e. The van der Waals surface area contributed by atoms with E-state index in [4.69, 9.17) is 24.1 Å². The summed E-state index contributed by atoms with van der Waals surface area (Å²) in [5.41, 5.74) is 5.85. The summed E-state index contributed by atoms with van der Waals surface area (Å²) < 4.78 is 36.7. The maximum absolute atomic E-state index is 13.7. The number of aromatic amines is 1. The molecule has 15 nitrogen and oxygen atoms in total. The molecule has 3 rings (SSSR count). The lowest BCUT2D eigenvalue weighted by Gasteiger charge is -2.28. The zero-order valence-corrected chi connectivity index (χ0v) is 22.0. The Kier molecular flexibility index (Phi) is 9.15. The normalized spacial score (nSPS) is 25.3. The number of para-hydroxylation sites is 1. The van der Waals surface area contributed by atoms with E-state index in [1.165, 1.54) is 26.0 Å². The van der Waals surface area contributed by atoms with Crippen LogP contribution in [0.3, 0.4) is 0 Å². The highest BCUT2D eigenvalue weighted by atomic mass is 31.2. The number of esters is 1. The number of rotatable bonds is 11. The maximum atomic E-state index is 13.7. The lowest BCUT2D eigenvalue weighted by atomic mass is 9.93. The number of hydrogen-bond acceptors (Lipinski definition) is 10. The summed E-state index contributed by atoms with van der Waals surface area (Å²) in [7, 11) is -4.30. The van der Waals surface area contributed by atoms with E-state index in [1.807, 2.05) is 0 Å². The zero-order valence-electron chi connectivity index (χ0n) is 21.1. The van der Waals surface area contributed by atoms with E-state index in [0.29, 0.717) is 0 Å². The van der Waals surface area contributed by atoms with Gasteiger partial charge in [0.05, 0.1) is 18.8 Å². The van der Waals surface area contributed by atoms with Crippen molar-refractivity contribution >= 4 is 13.7 Å². The number of nitrogens with one attached hydrogen (secondary N) is 2. The molecule has 2 aromatic rings. The first-order chi connectivity index (χ1) is 17.9. The van der Waals surface area contributed by atoms with Crippen molar-refractivity contribution in [2.75, 3.05) is 6.61 Å². The molecule has 0 radical (unpaired) electrons. The third kappa shape index (κ3) is 6.70. The number of aliphatic hydroxyl groups is 1. The number of carbonyl (C=O) groups excluding carboxylic acids is 1. The van der Waals surface area contributed by atoms with Gasteiger partial charge in [-0.25, -0.2) is 9.36 Å². The van der Waals surface area contributed by atoms with Crippen LogP contribution in [-0.2, 0) is 23.4 Å². The van der Waals surface area contributed by atoms with Crippen molar-refractivity contribution in [1.82, 2.24) is 14.6 Å². The van der Waals surface area contributed by atoms with Crippen molar-refractivity contribution in [2.45, 2.75) is 63.8 Å². The predicted molar refractivity (Wildman–Crippen MR) is 133 cm³/mol. The molecule has 1 aromatic heterocycles. The van der Waals surface area contributed by atoms with Crippen molar-refractivity contribution in [3.63, 3.8) is 0 Å². The topological polar surface area (TPSA) is 207 Å². The molecule has 6 atom stereocenters. The summed E-state index contributed by atoms with van der Waals surface area (Å²) in [6.45, 7) is 5.50. The Morgan fingerprint density at radius 2 is 2.00 bits per heavy atom. The average Bonchev–Trinajstić information content (AvgIpc) is 3.08. The van der Waals surface area contributed by atoms with Gasteiger partial charge in [0.2, 0.25) is 0 Å². The minimum Gasteiger partial charge on any atom is -0.462 e. The van der Waals surface area contributed by atoms with Crippen LogP contribution in [0.2, 0.25) is 0 Å². The summed E-state index contributed by atoms with van der Waals surface area (Å²) >= 11 is 0. The number of aliphatic hydroxyl groups excluding tert-OH is 1. The number of carbonyl (C=O) groups is 1. The molecule has 1 saturated heterocycles. The molecule has 2 heterocycles. The highest BCUT2D eigenvalue weighted by Crippen LogP contribution is 2.47. The Morgan fingerprint density at radius 1 is 1.32 bits per heavy atom. The molecule has 0 amide bonds. The molecule has 0 aliphatic carbocycles. The van der Waals surface area contributed by atoms with Crippen LogP contribution in [0, 0.1) is 0 Å². The van der Waals surface area contributed by atoms with Crippen LogP contribution in [0.4, 0.5) is 0 Å². The molecule has 1 aliphatic rings. The maximum Gasteiger partial charge on any atom is 0.459 e. The Labute approximate surface area is 216 Å². The van der Waals surface area contributed by atoms with Gasteiger partial charge in [0, 0.05) is 17.2 Å². The molecular weight excluding hydrogens is 523 g/mol. The molecule has 38 heavy (non-hydrogen) atoms. The van der Waals surface area contributed by atoms with Gasteiger partial charge in [-0.15, -0.1) is 0 Å². The number of H-pyrrole nitrogens is 1. The highest BCUT2D eigenvalue weighted by Gasteiger charge is 2.55. The van der Waals surface area contributed by atoms with Gasteiger partial charge in [0.15, 0.2) is 6.23 Å². The summed E-state index contributed by atoms with van der Waals surface area (Å²) in [5.74, 6) is -0.539. The van der Waals surface area contributed by atoms with Crippen LogP contribution in [0.5, 0.6) is 5.75 Å². The molecule has 0 bridgehead atoms. The van der Waals surface area contributed by atoms with E-state index >= 15 is 0 Å². The first kappa shape index (κ1) is 29.1. The number of nitrogens with zero attached hydrogens (tertiary/aromatic N) is 4. The number of ether oxygens (including phenoxy) is 2. The minimum absolute atomic E-state index is 0.164. The van der Waals surface area contributed by atoms with Crippen molar-refractivity contribution in [3.05, 3.63) is 73.9 Å². The highest BCUT2D eigenvalue weighted by molar-refractivity contribution is 7.52. The standard InChI is InChI=1S/C22H29N6O9P/c1-13(2)35-19(31)14(3)25-38(33,37-15-8-6-5-7-9-15)34-12-16-18(30)22(4,26-27-23)20(36-16)28-11-10-17(29)24-21(28)32/h5-11,13-14,16,18,20,30H,12H2,1-4H3,(H,25,33)(H,24,29,32)/t14-,16-,18-,20-,22-,38?/m1/s1. The second-order valence-corrected chi connectivity index (χ2v) is 10.6. The smallest absolute Gasteiger partial charge is 0.459 e. The second-order valence-electron chi connectivity index (χ2n) is 8.94. The molecule has 206 valence electrons.